The normalized spacial score (nSPS) is 13.1. The summed E-state index contributed by atoms with van der Waals surface area (Å²) in [5, 5.41) is 18.8. The first kappa shape index (κ1) is 19.9. The molecule has 1 unspecified atom stereocenters. The van der Waals surface area contributed by atoms with Crippen molar-refractivity contribution < 1.29 is 19.8 Å². The maximum atomic E-state index is 11.5. The first-order valence-corrected chi connectivity index (χ1v) is 8.44. The lowest BCUT2D eigenvalue weighted by Gasteiger charge is -2.32. The largest absolute Gasteiger partial charge is 0.480 e. The van der Waals surface area contributed by atoms with Gasteiger partial charge in [-0.3, -0.25) is 9.59 Å². The van der Waals surface area contributed by atoms with Crippen molar-refractivity contribution in [3.63, 3.8) is 0 Å². The van der Waals surface area contributed by atoms with Crippen molar-refractivity contribution in [3.05, 3.63) is 0 Å². The Kier molecular flexibility index (Phi) is 10.1. The van der Waals surface area contributed by atoms with Crippen LogP contribution in [0.3, 0.4) is 0 Å². The van der Waals surface area contributed by atoms with Gasteiger partial charge in [-0.1, -0.05) is 72.1 Å². The van der Waals surface area contributed by atoms with E-state index in [1.54, 1.807) is 6.92 Å². The quantitative estimate of drug-likeness (QED) is 0.381. The first-order chi connectivity index (χ1) is 9.97. The molecule has 0 heterocycles. The van der Waals surface area contributed by atoms with Crippen LogP contribution in [-0.2, 0) is 9.59 Å². The van der Waals surface area contributed by atoms with E-state index in [0.717, 1.165) is 19.3 Å². The highest BCUT2D eigenvalue weighted by Crippen LogP contribution is 2.38. The highest BCUT2D eigenvalue weighted by atomic mass is 16.4. The van der Waals surface area contributed by atoms with E-state index >= 15 is 0 Å². The third kappa shape index (κ3) is 5.68. The van der Waals surface area contributed by atoms with Crippen molar-refractivity contribution in [2.45, 2.75) is 85.0 Å². The second kappa shape index (κ2) is 10.6. The van der Waals surface area contributed by atoms with E-state index in [1.807, 2.05) is 6.92 Å². The molecule has 0 fully saturated rings. The minimum absolute atomic E-state index is 0.146. The zero-order chi connectivity index (χ0) is 16.3. The molecule has 0 radical (unpaired) electrons. The van der Waals surface area contributed by atoms with Crippen LogP contribution in [0.25, 0.3) is 0 Å². The Labute approximate surface area is 128 Å². The Morgan fingerprint density at radius 2 is 1.33 bits per heavy atom. The molecule has 0 saturated carbocycles. The molecule has 0 aromatic heterocycles. The van der Waals surface area contributed by atoms with E-state index in [2.05, 4.69) is 6.92 Å². The van der Waals surface area contributed by atoms with Crippen LogP contribution in [0.4, 0.5) is 0 Å². The number of carbonyl (C=O) groups is 2. The number of carboxylic acids is 2. The van der Waals surface area contributed by atoms with E-state index in [0.29, 0.717) is 12.8 Å². The molecule has 0 rings (SSSR count). The molecule has 124 valence electrons. The number of carboxylic acid groups (broad SMARTS) is 2. The summed E-state index contributed by atoms with van der Waals surface area (Å²) < 4.78 is 0. The Morgan fingerprint density at radius 3 is 1.71 bits per heavy atom. The summed E-state index contributed by atoms with van der Waals surface area (Å²) in [5.41, 5.74) is -1.61. The molecule has 1 atom stereocenters. The monoisotopic (exact) mass is 300 g/mol. The molecule has 0 bridgehead atoms. The maximum Gasteiger partial charge on any atom is 0.321 e. The average Bonchev–Trinajstić information content (AvgIpc) is 2.44. The Bertz CT molecular complexity index is 298. The Balaban J connectivity index is 4.41. The summed E-state index contributed by atoms with van der Waals surface area (Å²) in [4.78, 5) is 23.0. The molecule has 0 aliphatic carbocycles. The molecule has 4 heteroatoms. The van der Waals surface area contributed by atoms with E-state index in [-0.39, 0.29) is 12.3 Å². The third-order valence-corrected chi connectivity index (χ3v) is 4.67. The second-order valence-electron chi connectivity index (χ2n) is 5.95. The zero-order valence-corrected chi connectivity index (χ0v) is 13.9. The summed E-state index contributed by atoms with van der Waals surface area (Å²) in [6, 6.07) is 0. The molecule has 4 nitrogen and oxygen atoms in total. The van der Waals surface area contributed by atoms with Gasteiger partial charge in [-0.15, -0.1) is 0 Å². The SMILES string of the molecule is CCCCCCCCCC(CC)C(CC)(C(=O)O)C(=O)O. The average molecular weight is 300 g/mol. The van der Waals surface area contributed by atoms with E-state index in [9.17, 15) is 19.8 Å². The second-order valence-corrected chi connectivity index (χ2v) is 5.95. The summed E-state index contributed by atoms with van der Waals surface area (Å²) in [6.45, 7) is 5.74. The van der Waals surface area contributed by atoms with Crippen LogP contribution in [0.15, 0.2) is 0 Å². The third-order valence-electron chi connectivity index (χ3n) is 4.67. The van der Waals surface area contributed by atoms with Gasteiger partial charge >= 0.3 is 11.9 Å². The van der Waals surface area contributed by atoms with Crippen LogP contribution in [0, 0.1) is 11.3 Å². The van der Waals surface area contributed by atoms with Crippen LogP contribution >= 0.6 is 0 Å². The molecule has 2 N–H and O–H groups in total. The number of unbranched alkanes of at least 4 members (excludes halogenated alkanes) is 6. The van der Waals surface area contributed by atoms with Gasteiger partial charge in [0.15, 0.2) is 5.41 Å². The summed E-state index contributed by atoms with van der Waals surface area (Å²) in [6.07, 6.45) is 9.58. The fourth-order valence-corrected chi connectivity index (χ4v) is 3.18. The number of rotatable bonds is 13. The fraction of sp³-hybridized carbons (Fsp3) is 0.882. The standard InChI is InChI=1S/C17H32O4/c1-4-7-8-9-10-11-12-13-14(5-2)17(6-3,15(18)19)16(20)21/h14H,4-13H2,1-3H3,(H,18,19)(H,20,21). The predicted octanol–water partition coefficient (Wildman–Crippen LogP) is 4.72. The van der Waals surface area contributed by atoms with Crippen molar-refractivity contribution in [1.82, 2.24) is 0 Å². The molecule has 0 aromatic rings. The molecule has 0 aliphatic heterocycles. The van der Waals surface area contributed by atoms with Gasteiger partial charge in [0.2, 0.25) is 0 Å². The Morgan fingerprint density at radius 1 is 0.857 bits per heavy atom. The van der Waals surface area contributed by atoms with Gasteiger partial charge in [0.25, 0.3) is 0 Å². The topological polar surface area (TPSA) is 74.6 Å². The highest BCUT2D eigenvalue weighted by molar-refractivity contribution is 5.98. The predicted molar refractivity (Wildman–Crippen MR) is 84.4 cm³/mol. The van der Waals surface area contributed by atoms with Gasteiger partial charge in [-0.05, 0) is 18.8 Å². The maximum absolute atomic E-state index is 11.5. The molecule has 0 aliphatic rings. The van der Waals surface area contributed by atoms with Crippen LogP contribution in [0.5, 0.6) is 0 Å². The van der Waals surface area contributed by atoms with Gasteiger partial charge in [0.1, 0.15) is 0 Å². The van der Waals surface area contributed by atoms with E-state index in [1.165, 1.54) is 25.7 Å². The van der Waals surface area contributed by atoms with Crippen molar-refractivity contribution in [2.75, 3.05) is 0 Å². The number of aliphatic carboxylic acids is 2. The molecular formula is C17H32O4. The molecular weight excluding hydrogens is 268 g/mol. The molecule has 0 aromatic carbocycles. The van der Waals surface area contributed by atoms with Crippen molar-refractivity contribution >= 4 is 11.9 Å². The van der Waals surface area contributed by atoms with Gasteiger partial charge in [-0.2, -0.15) is 0 Å². The van der Waals surface area contributed by atoms with Gasteiger partial charge in [0.05, 0.1) is 0 Å². The van der Waals surface area contributed by atoms with Gasteiger partial charge in [0, 0.05) is 0 Å². The highest BCUT2D eigenvalue weighted by Gasteiger charge is 2.50. The van der Waals surface area contributed by atoms with Crippen LogP contribution in [-0.4, -0.2) is 22.2 Å². The van der Waals surface area contributed by atoms with Crippen molar-refractivity contribution in [1.29, 1.82) is 0 Å². The lowest BCUT2D eigenvalue weighted by molar-refractivity contribution is -0.170. The van der Waals surface area contributed by atoms with Gasteiger partial charge < -0.3 is 10.2 Å². The van der Waals surface area contributed by atoms with E-state index in [4.69, 9.17) is 0 Å². The summed E-state index contributed by atoms with van der Waals surface area (Å²) in [7, 11) is 0. The van der Waals surface area contributed by atoms with Gasteiger partial charge in [-0.25, -0.2) is 0 Å². The smallest absolute Gasteiger partial charge is 0.321 e. The molecule has 21 heavy (non-hydrogen) atoms. The van der Waals surface area contributed by atoms with E-state index < -0.39 is 17.4 Å². The minimum Gasteiger partial charge on any atom is -0.480 e. The van der Waals surface area contributed by atoms with Crippen LogP contribution < -0.4 is 0 Å². The fourth-order valence-electron chi connectivity index (χ4n) is 3.18. The van der Waals surface area contributed by atoms with Crippen LogP contribution in [0.1, 0.15) is 85.0 Å². The zero-order valence-electron chi connectivity index (χ0n) is 13.9. The summed E-state index contributed by atoms with van der Waals surface area (Å²) >= 11 is 0. The van der Waals surface area contributed by atoms with Crippen LogP contribution in [0.2, 0.25) is 0 Å². The molecule has 0 saturated heterocycles. The summed E-state index contributed by atoms with van der Waals surface area (Å²) in [5.74, 6) is -2.66. The van der Waals surface area contributed by atoms with Crippen molar-refractivity contribution in [2.24, 2.45) is 11.3 Å². The number of hydrogen-bond donors (Lipinski definition) is 2. The lowest BCUT2D eigenvalue weighted by Crippen LogP contribution is -2.45. The molecule has 0 amide bonds. The first-order valence-electron chi connectivity index (χ1n) is 8.44. The molecule has 0 spiro atoms. The van der Waals surface area contributed by atoms with Crippen molar-refractivity contribution in [3.8, 4) is 0 Å². The lowest BCUT2D eigenvalue weighted by atomic mass is 9.70. The minimum atomic E-state index is -1.61. The Hall–Kier alpha value is -1.06. The number of hydrogen-bond acceptors (Lipinski definition) is 2.